The van der Waals surface area contributed by atoms with Gasteiger partial charge in [0.25, 0.3) is 0 Å². The molecule has 3 nitrogen and oxygen atoms in total. The van der Waals surface area contributed by atoms with E-state index >= 15 is 0 Å². The Morgan fingerprint density at radius 2 is 2.00 bits per heavy atom. The van der Waals surface area contributed by atoms with E-state index < -0.39 is 0 Å². The molecule has 1 aromatic carbocycles. The van der Waals surface area contributed by atoms with Crippen LogP contribution >= 0.6 is 0 Å². The molecule has 0 fully saturated rings. The van der Waals surface area contributed by atoms with Crippen molar-refractivity contribution in [2.75, 3.05) is 13.2 Å². The van der Waals surface area contributed by atoms with Crippen molar-refractivity contribution >= 4 is 0 Å². The molecule has 0 saturated heterocycles. The Morgan fingerprint density at radius 3 is 2.69 bits per heavy atom. The van der Waals surface area contributed by atoms with Crippen LogP contribution in [0.2, 0.25) is 0 Å². The van der Waals surface area contributed by atoms with Crippen molar-refractivity contribution in [3.8, 4) is 11.5 Å². The maximum Gasteiger partial charge on any atom is 0.161 e. The van der Waals surface area contributed by atoms with Gasteiger partial charge in [-0.2, -0.15) is 0 Å². The zero-order valence-corrected chi connectivity index (χ0v) is 9.90. The molecule has 1 unspecified atom stereocenters. The molecule has 2 rings (SSSR count). The van der Waals surface area contributed by atoms with Crippen molar-refractivity contribution in [3.05, 3.63) is 23.8 Å². The third-order valence-electron chi connectivity index (χ3n) is 2.88. The van der Waals surface area contributed by atoms with Gasteiger partial charge in [0.2, 0.25) is 0 Å². The summed E-state index contributed by atoms with van der Waals surface area (Å²) in [7, 11) is 0. The van der Waals surface area contributed by atoms with Gasteiger partial charge in [-0.1, -0.05) is 19.9 Å². The summed E-state index contributed by atoms with van der Waals surface area (Å²) in [5.41, 5.74) is 7.11. The highest BCUT2D eigenvalue weighted by atomic mass is 16.5. The maximum atomic E-state index is 6.00. The van der Waals surface area contributed by atoms with Crippen molar-refractivity contribution in [2.45, 2.75) is 26.3 Å². The average Bonchev–Trinajstić information content (AvgIpc) is 2.50. The molecule has 0 bridgehead atoms. The van der Waals surface area contributed by atoms with Crippen LogP contribution in [-0.2, 0) is 0 Å². The summed E-state index contributed by atoms with van der Waals surface area (Å²) in [6.45, 7) is 5.62. The summed E-state index contributed by atoms with van der Waals surface area (Å²) in [6, 6.07) is 6.06. The first-order chi connectivity index (χ1) is 7.70. The van der Waals surface area contributed by atoms with E-state index in [4.69, 9.17) is 15.2 Å². The highest BCUT2D eigenvalue weighted by molar-refractivity contribution is 5.44. The fourth-order valence-electron chi connectivity index (χ4n) is 1.74. The molecule has 0 aromatic heterocycles. The number of hydrogen-bond donors (Lipinski definition) is 1. The molecule has 2 N–H and O–H groups in total. The molecule has 1 aliphatic rings. The zero-order chi connectivity index (χ0) is 11.5. The Balaban J connectivity index is 2.25. The van der Waals surface area contributed by atoms with Gasteiger partial charge in [-0.25, -0.2) is 0 Å². The number of ether oxygens (including phenoxy) is 2. The monoisotopic (exact) mass is 221 g/mol. The van der Waals surface area contributed by atoms with Crippen LogP contribution in [0.15, 0.2) is 18.2 Å². The van der Waals surface area contributed by atoms with Crippen LogP contribution in [0.5, 0.6) is 11.5 Å². The summed E-state index contributed by atoms with van der Waals surface area (Å²) in [4.78, 5) is 0. The largest absolute Gasteiger partial charge is 0.489 e. The number of benzene rings is 1. The van der Waals surface area contributed by atoms with E-state index in [-0.39, 0.29) is 6.04 Å². The van der Waals surface area contributed by atoms with Crippen LogP contribution in [0, 0.1) is 5.92 Å². The fraction of sp³-hybridized carbons (Fsp3) is 0.538. The Hall–Kier alpha value is -1.22. The molecule has 88 valence electrons. The maximum absolute atomic E-state index is 6.00. The molecule has 2 atom stereocenters. The minimum Gasteiger partial charge on any atom is -0.489 e. The van der Waals surface area contributed by atoms with E-state index in [0.717, 1.165) is 23.5 Å². The predicted octanol–water partition coefficient (Wildman–Crippen LogP) is 2.50. The normalized spacial score (nSPS) is 21.3. The Labute approximate surface area is 96.5 Å². The SMILES string of the molecule is CC[C@@H](N)c1ccc2c(c1)OCC(C)CO2. The summed E-state index contributed by atoms with van der Waals surface area (Å²) >= 11 is 0. The fourth-order valence-corrected chi connectivity index (χ4v) is 1.74. The predicted molar refractivity (Wildman–Crippen MR) is 63.8 cm³/mol. The van der Waals surface area contributed by atoms with Gasteiger partial charge in [-0.05, 0) is 24.1 Å². The Kier molecular flexibility index (Phi) is 3.34. The van der Waals surface area contributed by atoms with Gasteiger partial charge >= 0.3 is 0 Å². The van der Waals surface area contributed by atoms with Crippen molar-refractivity contribution in [1.29, 1.82) is 0 Å². The summed E-state index contributed by atoms with van der Waals surface area (Å²) < 4.78 is 11.4. The number of nitrogens with two attached hydrogens (primary N) is 1. The minimum atomic E-state index is 0.0783. The summed E-state index contributed by atoms with van der Waals surface area (Å²) in [5, 5.41) is 0. The lowest BCUT2D eigenvalue weighted by Crippen LogP contribution is -2.12. The van der Waals surface area contributed by atoms with Crippen molar-refractivity contribution in [2.24, 2.45) is 11.7 Å². The van der Waals surface area contributed by atoms with Crippen LogP contribution in [-0.4, -0.2) is 13.2 Å². The number of rotatable bonds is 2. The van der Waals surface area contributed by atoms with E-state index in [1.165, 1.54) is 0 Å². The molecular formula is C13H19NO2. The van der Waals surface area contributed by atoms with E-state index in [1.54, 1.807) is 0 Å². The molecule has 1 aliphatic heterocycles. The Morgan fingerprint density at radius 1 is 1.31 bits per heavy atom. The third-order valence-corrected chi connectivity index (χ3v) is 2.88. The van der Waals surface area contributed by atoms with Gasteiger partial charge in [-0.3, -0.25) is 0 Å². The minimum absolute atomic E-state index is 0.0783. The molecule has 0 amide bonds. The molecule has 1 heterocycles. The Bertz CT molecular complexity index is 365. The first-order valence-corrected chi connectivity index (χ1v) is 5.85. The van der Waals surface area contributed by atoms with E-state index in [2.05, 4.69) is 13.8 Å². The van der Waals surface area contributed by atoms with Gasteiger partial charge in [0.15, 0.2) is 11.5 Å². The molecular weight excluding hydrogens is 202 g/mol. The van der Waals surface area contributed by atoms with Gasteiger partial charge in [-0.15, -0.1) is 0 Å². The van der Waals surface area contributed by atoms with Crippen molar-refractivity contribution in [3.63, 3.8) is 0 Å². The molecule has 0 saturated carbocycles. The van der Waals surface area contributed by atoms with Gasteiger partial charge in [0, 0.05) is 12.0 Å². The van der Waals surface area contributed by atoms with Crippen molar-refractivity contribution in [1.82, 2.24) is 0 Å². The van der Waals surface area contributed by atoms with Gasteiger partial charge in [0.1, 0.15) is 0 Å². The average molecular weight is 221 g/mol. The molecule has 16 heavy (non-hydrogen) atoms. The zero-order valence-electron chi connectivity index (χ0n) is 9.90. The first kappa shape index (κ1) is 11.3. The van der Waals surface area contributed by atoms with Gasteiger partial charge in [0.05, 0.1) is 13.2 Å². The van der Waals surface area contributed by atoms with Crippen molar-refractivity contribution < 1.29 is 9.47 Å². The first-order valence-electron chi connectivity index (χ1n) is 5.85. The standard InChI is InChI=1S/C13H19NO2/c1-3-11(14)10-4-5-12-13(6-10)16-8-9(2)7-15-12/h4-6,9,11H,3,7-8,14H2,1-2H3/t9?,11-/m1/s1. The summed E-state index contributed by atoms with van der Waals surface area (Å²) in [6.07, 6.45) is 0.927. The quantitative estimate of drug-likeness (QED) is 0.834. The summed E-state index contributed by atoms with van der Waals surface area (Å²) in [5.74, 6) is 2.08. The van der Waals surface area contributed by atoms with Crippen LogP contribution in [0.1, 0.15) is 31.9 Å². The molecule has 0 radical (unpaired) electrons. The number of hydrogen-bond acceptors (Lipinski definition) is 3. The third kappa shape index (κ3) is 2.30. The van der Waals surface area contributed by atoms with E-state index in [1.807, 2.05) is 18.2 Å². The lowest BCUT2D eigenvalue weighted by molar-refractivity contribution is 0.228. The molecule has 0 spiro atoms. The lowest BCUT2D eigenvalue weighted by Gasteiger charge is -2.13. The van der Waals surface area contributed by atoms with Crippen LogP contribution < -0.4 is 15.2 Å². The molecule has 0 aliphatic carbocycles. The highest BCUT2D eigenvalue weighted by Gasteiger charge is 2.16. The van der Waals surface area contributed by atoms with E-state index in [9.17, 15) is 0 Å². The van der Waals surface area contributed by atoms with E-state index in [0.29, 0.717) is 19.1 Å². The van der Waals surface area contributed by atoms with Crippen LogP contribution in [0.25, 0.3) is 0 Å². The second kappa shape index (κ2) is 4.74. The van der Waals surface area contributed by atoms with Crippen LogP contribution in [0.4, 0.5) is 0 Å². The molecule has 3 heteroatoms. The topological polar surface area (TPSA) is 44.5 Å². The van der Waals surface area contributed by atoms with Crippen LogP contribution in [0.3, 0.4) is 0 Å². The van der Waals surface area contributed by atoms with Gasteiger partial charge < -0.3 is 15.2 Å². The lowest BCUT2D eigenvalue weighted by atomic mass is 10.1. The smallest absolute Gasteiger partial charge is 0.161 e. The highest BCUT2D eigenvalue weighted by Crippen LogP contribution is 2.33. The second-order valence-electron chi connectivity index (χ2n) is 4.45. The molecule has 1 aromatic rings. The number of fused-ring (bicyclic) bond motifs is 1. The second-order valence-corrected chi connectivity index (χ2v) is 4.45.